The number of hydrogen-bond donors (Lipinski definition) is 0. The fourth-order valence-electron chi connectivity index (χ4n) is 8.52. The third-order valence-electron chi connectivity index (χ3n) is 9.31. The lowest BCUT2D eigenvalue weighted by molar-refractivity contribution is -0.170. The number of hydrogen-bond acceptors (Lipinski definition) is 9. The van der Waals surface area contributed by atoms with Gasteiger partial charge >= 0.3 is 17.9 Å². The van der Waals surface area contributed by atoms with Crippen LogP contribution in [0.15, 0.2) is 12.2 Å². The van der Waals surface area contributed by atoms with Gasteiger partial charge in [0, 0.05) is 18.8 Å². The molecule has 182 valence electrons. The fraction of sp³-hybridized carbons (Fsp3) is 0.783. The third kappa shape index (κ3) is 2.68. The number of fused-ring (bicyclic) bond motifs is 1. The van der Waals surface area contributed by atoms with Crippen LogP contribution in [-0.2, 0) is 42.9 Å². The minimum Gasteiger partial charge on any atom is -0.469 e. The maximum absolute atomic E-state index is 13.4. The molecule has 0 radical (unpaired) electrons. The molecule has 10 heteroatoms. The van der Waals surface area contributed by atoms with Crippen LogP contribution in [0, 0.1) is 28.6 Å². The number of esters is 3. The largest absolute Gasteiger partial charge is 0.469 e. The van der Waals surface area contributed by atoms with Gasteiger partial charge in [-0.1, -0.05) is 6.58 Å². The van der Waals surface area contributed by atoms with Crippen LogP contribution in [0.4, 0.5) is 0 Å². The Labute approximate surface area is 193 Å². The summed E-state index contributed by atoms with van der Waals surface area (Å²) >= 11 is 0. The highest BCUT2D eigenvalue weighted by molar-refractivity contribution is 7.86. The Kier molecular flexibility index (Phi) is 4.56. The first-order valence-corrected chi connectivity index (χ1v) is 13.1. The van der Waals surface area contributed by atoms with Crippen LogP contribution in [0.2, 0.25) is 0 Å². The molecule has 8 atom stereocenters. The zero-order valence-electron chi connectivity index (χ0n) is 19.3. The third-order valence-corrected chi connectivity index (χ3v) is 9.93. The minimum atomic E-state index is -3.78. The second kappa shape index (κ2) is 6.59. The van der Waals surface area contributed by atoms with Crippen LogP contribution in [0.25, 0.3) is 0 Å². The smallest absolute Gasteiger partial charge is 0.316 e. The summed E-state index contributed by atoms with van der Waals surface area (Å²) in [5.74, 6) is -2.91. The lowest BCUT2D eigenvalue weighted by Crippen LogP contribution is -2.54. The topological polar surface area (TPSA) is 122 Å². The van der Waals surface area contributed by atoms with E-state index in [0.717, 1.165) is 6.26 Å². The van der Waals surface area contributed by atoms with Crippen molar-refractivity contribution in [3.63, 3.8) is 0 Å². The zero-order valence-corrected chi connectivity index (χ0v) is 20.2. The quantitative estimate of drug-likeness (QED) is 0.256. The van der Waals surface area contributed by atoms with Gasteiger partial charge in [0.05, 0.1) is 19.3 Å². The van der Waals surface area contributed by atoms with Crippen molar-refractivity contribution >= 4 is 28.0 Å². The summed E-state index contributed by atoms with van der Waals surface area (Å²) in [6.45, 7) is 7.20. The summed E-state index contributed by atoms with van der Waals surface area (Å²) in [5.41, 5.74) is -3.27. The Morgan fingerprint density at radius 1 is 1.21 bits per heavy atom. The average Bonchev–Trinajstić information content (AvgIpc) is 3.12. The molecule has 0 amide bonds. The van der Waals surface area contributed by atoms with Crippen LogP contribution < -0.4 is 0 Å². The van der Waals surface area contributed by atoms with Gasteiger partial charge in [-0.05, 0) is 56.4 Å². The Morgan fingerprint density at radius 3 is 2.52 bits per heavy atom. The van der Waals surface area contributed by atoms with E-state index in [9.17, 15) is 22.8 Å². The average molecular weight is 483 g/mol. The van der Waals surface area contributed by atoms with E-state index in [0.29, 0.717) is 44.1 Å². The summed E-state index contributed by atoms with van der Waals surface area (Å²) in [6.07, 6.45) is 2.83. The van der Waals surface area contributed by atoms with E-state index in [-0.39, 0.29) is 5.92 Å². The lowest BCUT2D eigenvalue weighted by Gasteiger charge is -2.46. The van der Waals surface area contributed by atoms with Gasteiger partial charge in [0.25, 0.3) is 10.1 Å². The minimum absolute atomic E-state index is 0.182. The molecule has 33 heavy (non-hydrogen) atoms. The number of carbonyl (C=O) groups is 3. The van der Waals surface area contributed by atoms with E-state index in [1.807, 2.05) is 0 Å². The van der Waals surface area contributed by atoms with Crippen molar-refractivity contribution < 1.29 is 41.2 Å². The predicted octanol–water partition coefficient (Wildman–Crippen LogP) is 1.89. The maximum atomic E-state index is 13.4. The number of methoxy groups -OCH3 is 1. The standard InChI is InChI=1S/C23H30O9S/c1-12-10-21-11-22(12,32-33(5,27)28)8-6-14(21)23-9-7-15(30-13(2)24)20(3,19(26)31-23)17(23)16(21)18(25)29-4/h14-17H,1,6-11H2,2-5H3/t14-,15+,16-,17-,20-,21+,22+,23-/m1/s1. The van der Waals surface area contributed by atoms with Gasteiger partial charge in [-0.25, -0.2) is 0 Å². The molecule has 5 aliphatic rings. The Balaban J connectivity index is 1.68. The van der Waals surface area contributed by atoms with Gasteiger partial charge in [-0.15, -0.1) is 0 Å². The molecule has 1 saturated heterocycles. The highest BCUT2D eigenvalue weighted by atomic mass is 32.2. The molecule has 4 saturated carbocycles. The van der Waals surface area contributed by atoms with E-state index in [2.05, 4.69) is 6.58 Å². The molecular formula is C23H30O9S. The molecule has 4 aliphatic carbocycles. The summed E-state index contributed by atoms with van der Waals surface area (Å²) in [7, 11) is -2.47. The summed E-state index contributed by atoms with van der Waals surface area (Å²) in [6, 6.07) is 0. The van der Waals surface area contributed by atoms with E-state index in [1.54, 1.807) is 6.92 Å². The number of ether oxygens (including phenoxy) is 3. The summed E-state index contributed by atoms with van der Waals surface area (Å²) in [5, 5.41) is 0. The van der Waals surface area contributed by atoms with Crippen LogP contribution in [0.3, 0.4) is 0 Å². The molecule has 5 fully saturated rings. The first kappa shape index (κ1) is 22.8. The fourth-order valence-corrected chi connectivity index (χ4v) is 9.36. The second-order valence-corrected chi connectivity index (χ2v) is 12.4. The van der Waals surface area contributed by atoms with Crippen LogP contribution >= 0.6 is 0 Å². The van der Waals surface area contributed by atoms with Gasteiger partial charge in [-0.2, -0.15) is 8.42 Å². The molecule has 9 nitrogen and oxygen atoms in total. The van der Waals surface area contributed by atoms with Crippen molar-refractivity contribution in [3.05, 3.63) is 12.2 Å². The van der Waals surface area contributed by atoms with Crippen molar-refractivity contribution in [2.75, 3.05) is 13.4 Å². The molecule has 4 bridgehead atoms. The molecule has 5 rings (SSSR count). The van der Waals surface area contributed by atoms with Gasteiger partial charge in [0.15, 0.2) is 0 Å². The molecule has 1 heterocycles. The first-order valence-electron chi connectivity index (χ1n) is 11.3. The van der Waals surface area contributed by atoms with Crippen LogP contribution in [0.1, 0.15) is 52.4 Å². The summed E-state index contributed by atoms with van der Waals surface area (Å²) < 4.78 is 46.9. The van der Waals surface area contributed by atoms with Crippen molar-refractivity contribution in [1.29, 1.82) is 0 Å². The molecule has 0 N–H and O–H groups in total. The molecule has 0 aromatic heterocycles. The molecule has 0 aromatic carbocycles. The van der Waals surface area contributed by atoms with E-state index in [1.165, 1.54) is 14.0 Å². The SMILES string of the molecule is C=C1C[C@]23C[C@@]1(OS(C)(=O)=O)CC[C@H]2[C@@]12CC[C@H](OC(C)=O)[C@@](C)(C(=O)O1)[C@H]2[C@@H]3C(=O)OC. The predicted molar refractivity (Wildman–Crippen MR) is 113 cm³/mol. The van der Waals surface area contributed by atoms with Crippen molar-refractivity contribution in [3.8, 4) is 0 Å². The molecule has 0 aromatic rings. The Hall–Kier alpha value is -1.94. The maximum Gasteiger partial charge on any atom is 0.316 e. The summed E-state index contributed by atoms with van der Waals surface area (Å²) in [4.78, 5) is 38.6. The van der Waals surface area contributed by atoms with Crippen LogP contribution in [-0.4, -0.2) is 57.0 Å². The Morgan fingerprint density at radius 2 is 1.91 bits per heavy atom. The number of carbonyl (C=O) groups excluding carboxylic acids is 3. The molecule has 0 unspecified atom stereocenters. The highest BCUT2D eigenvalue weighted by Crippen LogP contribution is 2.79. The van der Waals surface area contributed by atoms with E-state index in [4.69, 9.17) is 18.4 Å². The number of rotatable bonds is 4. The van der Waals surface area contributed by atoms with Crippen molar-refractivity contribution in [2.24, 2.45) is 28.6 Å². The normalized spacial score (nSPS) is 47.5. The molecule has 1 spiro atoms. The van der Waals surface area contributed by atoms with Gasteiger partial charge < -0.3 is 14.2 Å². The van der Waals surface area contributed by atoms with E-state index < -0.39 is 68.0 Å². The zero-order chi connectivity index (χ0) is 24.2. The van der Waals surface area contributed by atoms with E-state index >= 15 is 0 Å². The molecular weight excluding hydrogens is 452 g/mol. The monoisotopic (exact) mass is 482 g/mol. The van der Waals surface area contributed by atoms with Crippen molar-refractivity contribution in [2.45, 2.75) is 69.7 Å². The van der Waals surface area contributed by atoms with Gasteiger partial charge in [0.1, 0.15) is 22.7 Å². The highest BCUT2D eigenvalue weighted by Gasteiger charge is 2.85. The first-order chi connectivity index (χ1) is 15.3. The van der Waals surface area contributed by atoms with Crippen LogP contribution in [0.5, 0.6) is 0 Å². The van der Waals surface area contributed by atoms with Gasteiger partial charge in [-0.3, -0.25) is 18.6 Å². The Bertz CT molecular complexity index is 1080. The van der Waals surface area contributed by atoms with Gasteiger partial charge in [0.2, 0.25) is 0 Å². The molecule has 1 aliphatic heterocycles. The lowest BCUT2D eigenvalue weighted by atomic mass is 9.59. The second-order valence-electron chi connectivity index (χ2n) is 10.8. The van der Waals surface area contributed by atoms with Crippen molar-refractivity contribution in [1.82, 2.24) is 0 Å².